The number of hydrogen-bond acceptors (Lipinski definition) is 6. The van der Waals surface area contributed by atoms with Gasteiger partial charge in [-0.25, -0.2) is 4.79 Å². The number of fused-ring (bicyclic) bond motifs is 1. The molecule has 4 rings (SSSR count). The average molecular weight is 527 g/mol. The topological polar surface area (TPSA) is 85.3 Å². The fourth-order valence-electron chi connectivity index (χ4n) is 4.09. The Bertz CT molecular complexity index is 1100. The SMILES string of the molecule is CC(C)(C)OC(=O)N1CCC2(C=C(c3ccc(C(=O)N=O)cc3)c3ccccc3O2)CC1.CCC.CS. The number of nitrogens with zero attached hydrogens (tertiary/aromatic N) is 2. The number of ether oxygens (including phenoxy) is 2. The number of nitroso groups, excluding NO2 is 1. The molecule has 0 N–H and O–H groups in total. The van der Waals surface area contributed by atoms with Gasteiger partial charge in [0.1, 0.15) is 17.0 Å². The largest absolute Gasteiger partial charge is 0.482 e. The smallest absolute Gasteiger partial charge is 0.410 e. The predicted octanol–water partition coefficient (Wildman–Crippen LogP) is 7.15. The van der Waals surface area contributed by atoms with Crippen LogP contribution in [0.4, 0.5) is 4.79 Å². The molecule has 37 heavy (non-hydrogen) atoms. The van der Waals surface area contributed by atoms with Gasteiger partial charge < -0.3 is 14.4 Å². The third-order valence-corrected chi connectivity index (χ3v) is 5.69. The summed E-state index contributed by atoms with van der Waals surface area (Å²) in [5.74, 6) is -0.00526. The molecule has 2 aromatic carbocycles. The molecule has 0 saturated carbocycles. The van der Waals surface area contributed by atoms with Gasteiger partial charge in [-0.15, -0.1) is 4.91 Å². The first-order chi connectivity index (χ1) is 17.6. The summed E-state index contributed by atoms with van der Waals surface area (Å²) in [7, 11) is 0. The molecular weight excluding hydrogens is 488 g/mol. The lowest BCUT2D eigenvalue weighted by molar-refractivity contribution is -0.00116. The fourth-order valence-corrected chi connectivity index (χ4v) is 4.09. The van der Waals surface area contributed by atoms with E-state index < -0.39 is 17.1 Å². The van der Waals surface area contributed by atoms with E-state index in [1.807, 2.05) is 57.2 Å². The van der Waals surface area contributed by atoms with Crippen molar-refractivity contribution < 1.29 is 19.1 Å². The van der Waals surface area contributed by atoms with Crippen molar-refractivity contribution in [2.45, 2.75) is 65.1 Å². The van der Waals surface area contributed by atoms with Crippen molar-refractivity contribution >= 4 is 30.2 Å². The number of likely N-dealkylation sites (tertiary alicyclic amines) is 1. The first kappa shape index (κ1) is 30.1. The zero-order chi connectivity index (χ0) is 27.6. The van der Waals surface area contributed by atoms with Gasteiger partial charge in [-0.1, -0.05) is 50.6 Å². The van der Waals surface area contributed by atoms with Crippen molar-refractivity contribution in [3.8, 4) is 5.75 Å². The number of piperidine rings is 1. The predicted molar refractivity (Wildman–Crippen MR) is 151 cm³/mol. The molecular formula is C29H38N2O5S. The van der Waals surface area contributed by atoms with E-state index in [0.29, 0.717) is 25.9 Å². The zero-order valence-corrected chi connectivity index (χ0v) is 23.5. The Labute approximate surface area is 225 Å². The maximum atomic E-state index is 12.5. The molecule has 0 aliphatic carbocycles. The highest BCUT2D eigenvalue weighted by molar-refractivity contribution is 7.79. The van der Waals surface area contributed by atoms with Gasteiger partial charge in [0.15, 0.2) is 0 Å². The molecule has 2 aliphatic heterocycles. The number of thiol groups is 1. The van der Waals surface area contributed by atoms with Crippen LogP contribution < -0.4 is 4.74 Å². The summed E-state index contributed by atoms with van der Waals surface area (Å²) in [5.41, 5.74) is 2.05. The van der Waals surface area contributed by atoms with E-state index >= 15 is 0 Å². The van der Waals surface area contributed by atoms with Crippen molar-refractivity contribution in [1.82, 2.24) is 4.90 Å². The number of carbonyl (C=O) groups is 2. The Morgan fingerprint density at radius 3 is 2.14 bits per heavy atom. The van der Waals surface area contributed by atoms with E-state index in [-0.39, 0.29) is 11.7 Å². The van der Waals surface area contributed by atoms with Crippen LogP contribution in [0.5, 0.6) is 5.75 Å². The molecule has 8 heteroatoms. The molecule has 0 aromatic heterocycles. The van der Waals surface area contributed by atoms with Crippen LogP contribution >= 0.6 is 12.6 Å². The second kappa shape index (κ2) is 13.4. The molecule has 2 amide bonds. The van der Waals surface area contributed by atoms with Crippen molar-refractivity contribution in [2.24, 2.45) is 5.18 Å². The number of para-hydroxylation sites is 1. The van der Waals surface area contributed by atoms with E-state index in [4.69, 9.17) is 9.47 Å². The van der Waals surface area contributed by atoms with Gasteiger partial charge in [-0.3, -0.25) is 4.79 Å². The third-order valence-electron chi connectivity index (χ3n) is 5.69. The van der Waals surface area contributed by atoms with Crippen LogP contribution in [0.2, 0.25) is 0 Å². The van der Waals surface area contributed by atoms with E-state index in [1.165, 1.54) is 6.42 Å². The highest BCUT2D eigenvalue weighted by Gasteiger charge is 2.40. The van der Waals surface area contributed by atoms with Crippen molar-refractivity contribution in [2.75, 3.05) is 19.3 Å². The Balaban J connectivity index is 0.000000898. The maximum absolute atomic E-state index is 12.5. The second-order valence-corrected chi connectivity index (χ2v) is 9.87. The Hall–Kier alpha value is -3.13. The molecule has 1 fully saturated rings. The summed E-state index contributed by atoms with van der Waals surface area (Å²) in [5, 5.41) is 2.48. The monoisotopic (exact) mass is 526 g/mol. The highest BCUT2D eigenvalue weighted by atomic mass is 32.1. The summed E-state index contributed by atoms with van der Waals surface area (Å²) in [6.45, 7) is 10.9. The Kier molecular flexibility index (Phi) is 10.9. The van der Waals surface area contributed by atoms with E-state index in [0.717, 1.165) is 22.4 Å². The molecule has 2 heterocycles. The number of rotatable bonds is 2. The van der Waals surface area contributed by atoms with Crippen LogP contribution in [0.25, 0.3) is 5.57 Å². The van der Waals surface area contributed by atoms with Crippen molar-refractivity contribution in [3.63, 3.8) is 0 Å². The van der Waals surface area contributed by atoms with Gasteiger partial charge in [0.05, 0.1) is 0 Å². The lowest BCUT2D eigenvalue weighted by Gasteiger charge is -2.43. The molecule has 0 atom stereocenters. The summed E-state index contributed by atoms with van der Waals surface area (Å²) >= 11 is 3.53. The standard InChI is InChI=1S/C25H26N2O5.C3H8.CH4S/c1-24(2,3)32-23(29)27-14-12-25(13-15-27)16-20(19-6-4-5-7-21(19)31-25)17-8-10-18(11-9-17)22(28)26-30;1-3-2;1-2/h4-11,16H,12-15H2,1-3H3;3H2,1-2H3;2H,1H3. The minimum absolute atomic E-state index is 0.255. The maximum Gasteiger partial charge on any atom is 0.410 e. The molecule has 0 unspecified atom stereocenters. The number of benzene rings is 2. The van der Waals surface area contributed by atoms with Crippen LogP contribution in [0.1, 0.15) is 75.4 Å². The Morgan fingerprint density at radius 2 is 1.59 bits per heavy atom. The van der Waals surface area contributed by atoms with Crippen LogP contribution in [0.3, 0.4) is 0 Å². The van der Waals surface area contributed by atoms with Crippen molar-refractivity contribution in [3.05, 3.63) is 76.2 Å². The van der Waals surface area contributed by atoms with Crippen LogP contribution in [0.15, 0.2) is 59.8 Å². The normalized spacial score (nSPS) is 15.4. The average Bonchev–Trinajstić information content (AvgIpc) is 2.89. The lowest BCUT2D eigenvalue weighted by atomic mass is 9.83. The molecule has 1 saturated heterocycles. The van der Waals surface area contributed by atoms with Crippen LogP contribution in [-0.4, -0.2) is 47.4 Å². The third kappa shape index (κ3) is 7.92. The summed E-state index contributed by atoms with van der Waals surface area (Å²) < 4.78 is 12.0. The first-order valence-electron chi connectivity index (χ1n) is 12.5. The van der Waals surface area contributed by atoms with Crippen LogP contribution in [0, 0.1) is 4.91 Å². The minimum Gasteiger partial charge on any atom is -0.482 e. The second-order valence-electron chi connectivity index (χ2n) is 9.87. The van der Waals surface area contributed by atoms with E-state index in [1.54, 1.807) is 23.3 Å². The van der Waals surface area contributed by atoms with E-state index in [2.05, 4.69) is 37.7 Å². The lowest BCUT2D eigenvalue weighted by Crippen LogP contribution is -2.50. The van der Waals surface area contributed by atoms with Gasteiger partial charge in [0.25, 0.3) is 0 Å². The zero-order valence-electron chi connectivity index (χ0n) is 22.6. The van der Waals surface area contributed by atoms with Gasteiger partial charge >= 0.3 is 12.0 Å². The minimum atomic E-state index is -0.788. The summed E-state index contributed by atoms with van der Waals surface area (Å²) in [6.07, 6.45) is 6.03. The molecule has 200 valence electrons. The van der Waals surface area contributed by atoms with Gasteiger partial charge in [-0.05, 0) is 62.4 Å². The quantitative estimate of drug-likeness (QED) is 0.332. The fraction of sp³-hybridized carbons (Fsp3) is 0.448. The molecule has 0 bridgehead atoms. The van der Waals surface area contributed by atoms with Gasteiger partial charge in [-0.2, -0.15) is 12.6 Å². The van der Waals surface area contributed by atoms with Crippen molar-refractivity contribution in [1.29, 1.82) is 0 Å². The molecule has 7 nitrogen and oxygen atoms in total. The summed E-state index contributed by atoms with van der Waals surface area (Å²) in [4.78, 5) is 36.3. The number of carbonyl (C=O) groups excluding carboxylic acids is 2. The Morgan fingerprint density at radius 1 is 1.03 bits per heavy atom. The van der Waals surface area contributed by atoms with E-state index in [9.17, 15) is 14.5 Å². The van der Waals surface area contributed by atoms with Crippen LogP contribution in [-0.2, 0) is 4.74 Å². The summed E-state index contributed by atoms with van der Waals surface area (Å²) in [6, 6.07) is 14.7. The molecule has 0 radical (unpaired) electrons. The molecule has 2 aliphatic rings. The number of hydrogen-bond donors (Lipinski definition) is 1. The van der Waals surface area contributed by atoms with Gasteiger partial charge in [0.2, 0.25) is 0 Å². The highest BCUT2D eigenvalue weighted by Crippen LogP contribution is 2.43. The molecule has 2 aromatic rings. The number of amides is 2. The first-order valence-corrected chi connectivity index (χ1v) is 13.4. The van der Waals surface area contributed by atoms with Gasteiger partial charge in [0, 0.05) is 42.2 Å². The molecule has 1 spiro atoms.